The number of ether oxygens (including phenoxy) is 1. The first-order valence-electron chi connectivity index (χ1n) is 11.0. The molecule has 0 fully saturated rings. The average Bonchev–Trinajstić information content (AvgIpc) is 2.78. The molecule has 0 radical (unpaired) electrons. The Morgan fingerprint density at radius 3 is 1.94 bits per heavy atom. The van der Waals surface area contributed by atoms with E-state index in [1.54, 1.807) is 81.5 Å². The van der Waals surface area contributed by atoms with Crippen LogP contribution in [0.2, 0.25) is 0 Å². The summed E-state index contributed by atoms with van der Waals surface area (Å²) >= 11 is 0. The second kappa shape index (κ2) is 11.4. The minimum absolute atomic E-state index is 0.0197. The Labute approximate surface area is 197 Å². The van der Waals surface area contributed by atoms with Gasteiger partial charge in [0.2, 0.25) is 0 Å². The molecule has 0 spiro atoms. The largest absolute Gasteiger partial charge is 0.454 e. The minimum Gasteiger partial charge on any atom is -0.454 e. The summed E-state index contributed by atoms with van der Waals surface area (Å²) in [5, 5.41) is 9.73. The number of hydrogen-bond donors (Lipinski definition) is 1. The molecule has 0 heterocycles. The highest BCUT2D eigenvalue weighted by molar-refractivity contribution is 7.92. The third kappa shape index (κ3) is 7.41. The maximum absolute atomic E-state index is 13.3. The molecular weight excluding hydrogens is 436 g/mol. The summed E-state index contributed by atoms with van der Waals surface area (Å²) in [5.41, 5.74) is -0.180. The van der Waals surface area contributed by atoms with Crippen LogP contribution in [0, 0.1) is 11.3 Å². The Kier molecular flexibility index (Phi) is 9.20. The molecule has 0 aliphatic heterocycles. The van der Waals surface area contributed by atoms with Gasteiger partial charge in [0.15, 0.2) is 9.84 Å². The molecule has 1 N–H and O–H groups in total. The van der Waals surface area contributed by atoms with Crippen LogP contribution in [0.3, 0.4) is 0 Å². The number of sulfone groups is 1. The summed E-state index contributed by atoms with van der Waals surface area (Å²) in [4.78, 5) is 12.6. The number of carbonyl (C=O) groups excluding carboxylic acids is 1. The van der Waals surface area contributed by atoms with E-state index in [4.69, 9.17) is 4.74 Å². The van der Waals surface area contributed by atoms with Crippen LogP contribution >= 0.6 is 0 Å². The van der Waals surface area contributed by atoms with Gasteiger partial charge in [0.25, 0.3) is 0 Å². The maximum atomic E-state index is 13.3. The van der Waals surface area contributed by atoms with Crippen molar-refractivity contribution in [3.63, 3.8) is 0 Å². The van der Waals surface area contributed by atoms with Gasteiger partial charge in [-0.05, 0) is 41.7 Å². The molecule has 0 saturated carbocycles. The number of rotatable bonds is 9. The average molecular weight is 471 g/mol. The Hall–Kier alpha value is -2.70. The number of aliphatic hydroxyl groups is 1. The molecule has 0 aliphatic rings. The molecule has 0 aromatic heterocycles. The number of carbonyl (C=O) groups is 1. The van der Waals surface area contributed by atoms with Gasteiger partial charge < -0.3 is 9.84 Å². The van der Waals surface area contributed by atoms with E-state index in [1.165, 1.54) is 18.2 Å². The fourth-order valence-electron chi connectivity index (χ4n) is 3.15. The van der Waals surface area contributed by atoms with Gasteiger partial charge in [-0.1, -0.05) is 89.2 Å². The Balaban J connectivity index is 2.25. The molecule has 6 heteroatoms. The van der Waals surface area contributed by atoms with E-state index in [0.29, 0.717) is 5.56 Å². The lowest BCUT2D eigenvalue weighted by Gasteiger charge is -2.31. The second-order valence-electron chi connectivity index (χ2n) is 9.38. The highest BCUT2D eigenvalue weighted by atomic mass is 32.2. The number of benzene rings is 2. The fourth-order valence-corrected chi connectivity index (χ4v) is 5.05. The van der Waals surface area contributed by atoms with Crippen molar-refractivity contribution in [3.8, 4) is 0 Å². The van der Waals surface area contributed by atoms with Gasteiger partial charge in [0, 0.05) is 0 Å². The van der Waals surface area contributed by atoms with Crippen LogP contribution in [-0.4, -0.2) is 37.0 Å². The van der Waals surface area contributed by atoms with Crippen LogP contribution < -0.4 is 0 Å². The van der Waals surface area contributed by atoms with E-state index in [-0.39, 0.29) is 10.8 Å². The van der Waals surface area contributed by atoms with Gasteiger partial charge in [0.1, 0.15) is 11.4 Å². The zero-order chi connectivity index (χ0) is 24.6. The topological polar surface area (TPSA) is 80.7 Å². The molecule has 0 amide bonds. The normalized spacial score (nSPS) is 15.6. The molecule has 0 aliphatic carbocycles. The van der Waals surface area contributed by atoms with Gasteiger partial charge >= 0.3 is 5.97 Å². The van der Waals surface area contributed by atoms with E-state index >= 15 is 0 Å². The lowest BCUT2D eigenvalue weighted by atomic mass is 9.87. The lowest BCUT2D eigenvalue weighted by Crippen LogP contribution is -2.41. The molecule has 2 aromatic carbocycles. The highest BCUT2D eigenvalue weighted by Crippen LogP contribution is 2.29. The quantitative estimate of drug-likeness (QED) is 0.401. The van der Waals surface area contributed by atoms with Gasteiger partial charge in [-0.25, -0.2) is 13.2 Å². The highest BCUT2D eigenvalue weighted by Gasteiger charge is 2.38. The first-order valence-corrected chi connectivity index (χ1v) is 12.6. The number of esters is 1. The van der Waals surface area contributed by atoms with Crippen LogP contribution in [-0.2, 0) is 14.6 Å². The van der Waals surface area contributed by atoms with Crippen molar-refractivity contribution < 1.29 is 23.1 Å². The summed E-state index contributed by atoms with van der Waals surface area (Å²) in [6.07, 6.45) is 4.85. The summed E-state index contributed by atoms with van der Waals surface area (Å²) in [5.74, 6) is -0.401. The fraction of sp³-hybridized carbons (Fsp3) is 0.370. The first-order chi connectivity index (χ1) is 15.4. The van der Waals surface area contributed by atoms with Crippen LogP contribution in [0.1, 0.15) is 45.0 Å². The van der Waals surface area contributed by atoms with Crippen LogP contribution in [0.4, 0.5) is 0 Å². The van der Waals surface area contributed by atoms with Crippen LogP contribution in [0.25, 0.3) is 0 Å². The molecule has 3 atom stereocenters. The van der Waals surface area contributed by atoms with Gasteiger partial charge in [-0.15, -0.1) is 0 Å². The van der Waals surface area contributed by atoms with Crippen LogP contribution in [0.5, 0.6) is 0 Å². The van der Waals surface area contributed by atoms with Crippen molar-refractivity contribution in [1.82, 2.24) is 0 Å². The maximum Gasteiger partial charge on any atom is 0.338 e. The van der Waals surface area contributed by atoms with Crippen molar-refractivity contribution in [2.45, 2.75) is 57.0 Å². The summed E-state index contributed by atoms with van der Waals surface area (Å²) in [6, 6.07) is 16.9. The molecule has 178 valence electrons. The Bertz CT molecular complexity index is 1050. The van der Waals surface area contributed by atoms with Crippen molar-refractivity contribution in [2.24, 2.45) is 11.3 Å². The number of allylic oxidation sites excluding steroid dienone is 2. The smallest absolute Gasteiger partial charge is 0.338 e. The molecular formula is C27H34O5S. The summed E-state index contributed by atoms with van der Waals surface area (Å²) < 4.78 is 32.1. The molecule has 0 bridgehead atoms. The monoisotopic (exact) mass is 470 g/mol. The number of aliphatic hydroxyl groups excluding tert-OH is 1. The zero-order valence-electron chi connectivity index (χ0n) is 19.9. The molecule has 5 nitrogen and oxygen atoms in total. The predicted octanol–water partition coefficient (Wildman–Crippen LogP) is 5.23. The Morgan fingerprint density at radius 2 is 1.42 bits per heavy atom. The molecule has 0 saturated heterocycles. The third-order valence-electron chi connectivity index (χ3n) is 5.25. The van der Waals surface area contributed by atoms with Crippen molar-refractivity contribution in [3.05, 3.63) is 90.5 Å². The van der Waals surface area contributed by atoms with Gasteiger partial charge in [0.05, 0.1) is 16.6 Å². The van der Waals surface area contributed by atoms with Gasteiger partial charge in [-0.2, -0.15) is 0 Å². The van der Waals surface area contributed by atoms with E-state index in [0.717, 1.165) is 0 Å². The van der Waals surface area contributed by atoms with E-state index in [2.05, 4.69) is 0 Å². The third-order valence-corrected chi connectivity index (χ3v) is 7.31. The van der Waals surface area contributed by atoms with Gasteiger partial charge in [-0.3, -0.25) is 0 Å². The minimum atomic E-state index is -3.81. The van der Waals surface area contributed by atoms with E-state index < -0.39 is 38.7 Å². The predicted molar refractivity (Wildman–Crippen MR) is 132 cm³/mol. The van der Waals surface area contributed by atoms with E-state index in [9.17, 15) is 18.3 Å². The number of hydrogen-bond acceptors (Lipinski definition) is 5. The molecule has 33 heavy (non-hydrogen) atoms. The van der Waals surface area contributed by atoms with Crippen molar-refractivity contribution in [2.75, 3.05) is 0 Å². The first kappa shape index (κ1) is 26.6. The standard InChI is InChI=1S/C27H34O5S/c1-20(2)23(32-26(29)21-14-8-6-9-15-21)18-12-13-19-24(25(28)27(3,4)5)33(30,31)22-16-10-7-11-17-22/h6-20,23-25,28H,1-5H3/b18-12+,19-13+. The SMILES string of the molecule is CC(C)C(/C=C/C=C/C(C(O)C(C)(C)C)S(=O)(=O)c1ccccc1)OC(=O)c1ccccc1. The molecule has 2 aromatic rings. The molecule has 2 rings (SSSR count). The van der Waals surface area contributed by atoms with E-state index in [1.807, 2.05) is 19.9 Å². The summed E-state index contributed by atoms with van der Waals surface area (Å²) in [7, 11) is -3.81. The Morgan fingerprint density at radius 1 is 0.909 bits per heavy atom. The second-order valence-corrected chi connectivity index (χ2v) is 11.5. The van der Waals surface area contributed by atoms with Crippen molar-refractivity contribution >= 4 is 15.8 Å². The lowest BCUT2D eigenvalue weighted by molar-refractivity contribution is 0.0309. The summed E-state index contributed by atoms with van der Waals surface area (Å²) in [6.45, 7) is 9.26. The van der Waals surface area contributed by atoms with Crippen molar-refractivity contribution in [1.29, 1.82) is 0 Å². The van der Waals surface area contributed by atoms with Crippen LogP contribution in [0.15, 0.2) is 89.9 Å². The zero-order valence-corrected chi connectivity index (χ0v) is 20.7. The molecule has 3 unspecified atom stereocenters.